The van der Waals surface area contributed by atoms with Crippen LogP contribution in [-0.2, 0) is 0 Å². The Morgan fingerprint density at radius 2 is 2.07 bits per heavy atom. The molecule has 0 radical (unpaired) electrons. The Hall–Kier alpha value is -0.0131. The van der Waals surface area contributed by atoms with Crippen LogP contribution < -0.4 is 0 Å². The lowest BCUT2D eigenvalue weighted by Gasteiger charge is -2.21. The Bertz CT molecular complexity index is 258. The third-order valence-electron chi connectivity index (χ3n) is 2.84. The fourth-order valence-electron chi connectivity index (χ4n) is 2.05. The molecule has 1 rings (SSSR count). The van der Waals surface area contributed by atoms with Crippen LogP contribution in [0, 0.1) is 0 Å². The van der Waals surface area contributed by atoms with Crippen molar-refractivity contribution >= 4 is 18.5 Å². The number of unbranched alkanes of at least 4 members (excludes halogenated alkanes) is 1. The fraction of sp³-hybridized carbons (Fsp3) is 0.667. The second-order valence-electron chi connectivity index (χ2n) is 4.78. The fourth-order valence-corrected chi connectivity index (χ4v) is 4.53. The van der Waals surface area contributed by atoms with E-state index in [1.807, 2.05) is 0 Å². The van der Waals surface area contributed by atoms with E-state index in [0.717, 1.165) is 0 Å². The molecule has 1 aliphatic rings. The lowest BCUT2D eigenvalue weighted by atomic mass is 10.1. The largest absolute Gasteiger partial charge is 0.167 e. The van der Waals surface area contributed by atoms with Crippen LogP contribution in [0.1, 0.15) is 33.1 Å². The van der Waals surface area contributed by atoms with E-state index in [1.165, 1.54) is 30.4 Å². The first-order valence-electron chi connectivity index (χ1n) is 5.53. The number of rotatable bonds is 4. The summed E-state index contributed by atoms with van der Waals surface area (Å²) in [6.45, 7) is 8.92. The van der Waals surface area contributed by atoms with Gasteiger partial charge in [0.05, 0.1) is 0 Å². The highest BCUT2D eigenvalue weighted by Crippen LogP contribution is 2.40. The summed E-state index contributed by atoms with van der Waals surface area (Å²) in [7, 11) is -1.54. The van der Waals surface area contributed by atoms with Crippen molar-refractivity contribution in [1.29, 1.82) is 0 Å². The van der Waals surface area contributed by atoms with Crippen molar-refractivity contribution in [2.24, 2.45) is 0 Å². The maximum atomic E-state index is 6.49. The maximum absolute atomic E-state index is 6.49. The normalized spacial score (nSPS) is 22.2. The van der Waals surface area contributed by atoms with Gasteiger partial charge in [-0.3, -0.25) is 0 Å². The molecule has 0 amide bonds. The molecule has 0 nitrogen and oxygen atoms in total. The average Bonchev–Trinajstić information content (AvgIpc) is 2.42. The Morgan fingerprint density at radius 3 is 2.50 bits per heavy atom. The van der Waals surface area contributed by atoms with Gasteiger partial charge in [-0.05, 0) is 19.8 Å². The van der Waals surface area contributed by atoms with Crippen LogP contribution in [0.5, 0.6) is 0 Å². The molecule has 0 N–H and O–H groups in total. The first-order chi connectivity index (χ1) is 6.45. The van der Waals surface area contributed by atoms with E-state index in [0.29, 0.717) is 5.54 Å². The predicted molar refractivity (Wildman–Crippen MR) is 68.5 cm³/mol. The van der Waals surface area contributed by atoms with Crippen LogP contribution in [0.2, 0.25) is 18.6 Å². The molecular weight excluding hydrogens is 208 g/mol. The summed E-state index contributed by atoms with van der Waals surface area (Å²) in [6, 6.07) is 0. The molecule has 0 saturated carbocycles. The molecule has 80 valence electrons. The minimum Gasteiger partial charge on any atom is -0.167 e. The molecule has 0 spiro atoms. The summed E-state index contributed by atoms with van der Waals surface area (Å²) in [6.07, 6.45) is 8.55. The number of hydrogen-bond acceptors (Lipinski definition) is 0. The molecule has 0 aromatic heterocycles. The van der Waals surface area contributed by atoms with Gasteiger partial charge in [-0.2, -0.15) is 11.1 Å². The Labute approximate surface area is 93.8 Å². The highest BCUT2D eigenvalue weighted by Gasteiger charge is 2.32. The molecule has 0 bridgehead atoms. The molecule has 0 heterocycles. The Morgan fingerprint density at radius 1 is 1.43 bits per heavy atom. The van der Waals surface area contributed by atoms with E-state index in [9.17, 15) is 0 Å². The topological polar surface area (TPSA) is 0 Å². The average molecular weight is 229 g/mol. The van der Waals surface area contributed by atoms with Crippen LogP contribution in [-0.4, -0.2) is 7.38 Å². The van der Waals surface area contributed by atoms with Gasteiger partial charge in [-0.15, -0.1) is 0 Å². The second-order valence-corrected chi connectivity index (χ2v) is 11.4. The summed E-state index contributed by atoms with van der Waals surface area (Å²) in [5.74, 6) is 0. The third-order valence-corrected chi connectivity index (χ3v) is 5.65. The van der Waals surface area contributed by atoms with Gasteiger partial charge in [0.15, 0.2) is 7.38 Å². The second kappa shape index (κ2) is 4.67. The smallest absolute Gasteiger partial charge is 0.161 e. The molecule has 1 aliphatic carbocycles. The zero-order valence-corrected chi connectivity index (χ0v) is 11.5. The van der Waals surface area contributed by atoms with E-state index < -0.39 is 7.38 Å². The van der Waals surface area contributed by atoms with Gasteiger partial charge in [0.1, 0.15) is 0 Å². The van der Waals surface area contributed by atoms with Gasteiger partial charge in [-0.1, -0.05) is 49.7 Å². The SMILES string of the molecule is CCCCC1=CC([Si](C)(C)Cl)C(C)=C1. The highest BCUT2D eigenvalue weighted by molar-refractivity contribution is 7.20. The lowest BCUT2D eigenvalue weighted by Crippen LogP contribution is -2.23. The van der Waals surface area contributed by atoms with Crippen LogP contribution in [0.15, 0.2) is 23.3 Å². The summed E-state index contributed by atoms with van der Waals surface area (Å²) < 4.78 is 0. The minimum absolute atomic E-state index is 0.566. The van der Waals surface area contributed by atoms with Gasteiger partial charge in [0.25, 0.3) is 0 Å². The molecule has 14 heavy (non-hydrogen) atoms. The molecule has 0 fully saturated rings. The van der Waals surface area contributed by atoms with E-state index in [1.54, 1.807) is 0 Å². The van der Waals surface area contributed by atoms with Crippen LogP contribution >= 0.6 is 11.1 Å². The van der Waals surface area contributed by atoms with Crippen molar-refractivity contribution in [1.82, 2.24) is 0 Å². The Balaban J connectivity index is 2.67. The third kappa shape index (κ3) is 2.99. The van der Waals surface area contributed by atoms with Crippen molar-refractivity contribution in [2.45, 2.75) is 51.7 Å². The molecule has 1 unspecified atom stereocenters. The molecule has 0 aliphatic heterocycles. The molecule has 2 heteroatoms. The van der Waals surface area contributed by atoms with Crippen molar-refractivity contribution in [3.8, 4) is 0 Å². The highest BCUT2D eigenvalue weighted by atomic mass is 35.6. The van der Waals surface area contributed by atoms with Crippen molar-refractivity contribution in [3.05, 3.63) is 23.3 Å². The summed E-state index contributed by atoms with van der Waals surface area (Å²) >= 11 is 6.49. The lowest BCUT2D eigenvalue weighted by molar-refractivity contribution is 0.798. The van der Waals surface area contributed by atoms with E-state index in [4.69, 9.17) is 11.1 Å². The van der Waals surface area contributed by atoms with Crippen LogP contribution in [0.25, 0.3) is 0 Å². The monoisotopic (exact) mass is 228 g/mol. The Kier molecular flexibility index (Phi) is 4.02. The first kappa shape index (κ1) is 12.1. The zero-order valence-electron chi connectivity index (χ0n) is 9.73. The van der Waals surface area contributed by atoms with Gasteiger partial charge in [0.2, 0.25) is 0 Å². The van der Waals surface area contributed by atoms with Gasteiger partial charge < -0.3 is 0 Å². The molecule has 1 atom stereocenters. The van der Waals surface area contributed by atoms with Crippen molar-refractivity contribution in [3.63, 3.8) is 0 Å². The summed E-state index contributed by atoms with van der Waals surface area (Å²) in [5, 5.41) is 0. The van der Waals surface area contributed by atoms with E-state index >= 15 is 0 Å². The molecule has 0 saturated heterocycles. The van der Waals surface area contributed by atoms with Gasteiger partial charge >= 0.3 is 0 Å². The van der Waals surface area contributed by atoms with E-state index in [-0.39, 0.29) is 0 Å². The number of allylic oxidation sites excluding steroid dienone is 4. The number of hydrogen-bond donors (Lipinski definition) is 0. The van der Waals surface area contributed by atoms with Crippen LogP contribution in [0.4, 0.5) is 0 Å². The molecule has 0 aromatic carbocycles. The summed E-state index contributed by atoms with van der Waals surface area (Å²) in [4.78, 5) is 0. The minimum atomic E-state index is -1.54. The molecule has 0 aromatic rings. The van der Waals surface area contributed by atoms with Crippen molar-refractivity contribution < 1.29 is 0 Å². The zero-order chi connectivity index (χ0) is 10.8. The quantitative estimate of drug-likeness (QED) is 0.476. The summed E-state index contributed by atoms with van der Waals surface area (Å²) in [5.41, 5.74) is 3.55. The number of halogens is 1. The van der Waals surface area contributed by atoms with Crippen molar-refractivity contribution in [2.75, 3.05) is 0 Å². The van der Waals surface area contributed by atoms with E-state index in [2.05, 4.69) is 39.1 Å². The van der Waals surface area contributed by atoms with Gasteiger partial charge in [0, 0.05) is 5.54 Å². The predicted octanol–water partition coefficient (Wildman–Crippen LogP) is 4.88. The van der Waals surface area contributed by atoms with Gasteiger partial charge in [-0.25, -0.2) is 0 Å². The first-order valence-corrected chi connectivity index (χ1v) is 9.62. The molecular formula is C12H21ClSi. The maximum Gasteiger partial charge on any atom is 0.161 e. The standard InChI is InChI=1S/C12H21ClSi/c1-5-6-7-11-8-10(2)12(9-11)14(3,4)13/h8-9,12H,5-7H2,1-4H3. The van der Waals surface area contributed by atoms with Crippen LogP contribution in [0.3, 0.4) is 0 Å².